The van der Waals surface area contributed by atoms with Gasteiger partial charge in [-0.15, -0.1) is 0 Å². The predicted molar refractivity (Wildman–Crippen MR) is 84.9 cm³/mol. The maximum Gasteiger partial charge on any atom is 0.213 e. The van der Waals surface area contributed by atoms with Gasteiger partial charge in [0.15, 0.2) is 0 Å². The van der Waals surface area contributed by atoms with Crippen LogP contribution in [0.1, 0.15) is 11.4 Å². The molecule has 5 nitrogen and oxygen atoms in total. The summed E-state index contributed by atoms with van der Waals surface area (Å²) in [7, 11) is 1.62. The molecule has 5 heteroatoms. The third kappa shape index (κ3) is 3.32. The van der Waals surface area contributed by atoms with Crippen LogP contribution in [0.2, 0.25) is 0 Å². The van der Waals surface area contributed by atoms with Crippen LogP contribution in [0.4, 0.5) is 0 Å². The van der Waals surface area contributed by atoms with Crippen LogP contribution in [0.3, 0.4) is 0 Å². The molecule has 1 N–H and O–H groups in total. The van der Waals surface area contributed by atoms with Crippen LogP contribution in [0.15, 0.2) is 61.1 Å². The molecule has 0 spiro atoms. The lowest BCUT2D eigenvalue weighted by atomic mass is 10.3. The Labute approximate surface area is 129 Å². The molecular weight excluding hydrogens is 276 g/mol. The van der Waals surface area contributed by atoms with Crippen molar-refractivity contribution in [3.8, 4) is 11.6 Å². The van der Waals surface area contributed by atoms with Gasteiger partial charge in [0.2, 0.25) is 5.88 Å². The topological polar surface area (TPSA) is 52.0 Å². The van der Waals surface area contributed by atoms with Crippen molar-refractivity contribution < 1.29 is 4.74 Å². The van der Waals surface area contributed by atoms with Crippen molar-refractivity contribution in [3.63, 3.8) is 0 Å². The minimum absolute atomic E-state index is 0.616. The second-order valence-electron chi connectivity index (χ2n) is 4.85. The summed E-state index contributed by atoms with van der Waals surface area (Å²) >= 11 is 0. The summed E-state index contributed by atoms with van der Waals surface area (Å²) in [6, 6.07) is 13.9. The van der Waals surface area contributed by atoms with Crippen molar-refractivity contribution >= 4 is 0 Å². The van der Waals surface area contributed by atoms with Gasteiger partial charge < -0.3 is 14.6 Å². The first-order chi connectivity index (χ1) is 10.9. The highest BCUT2D eigenvalue weighted by atomic mass is 16.5. The fraction of sp³-hybridized carbons (Fsp3) is 0.176. The number of nitrogens with zero attached hydrogens (tertiary/aromatic N) is 3. The van der Waals surface area contributed by atoms with Gasteiger partial charge in [-0.25, -0.2) is 4.98 Å². The molecule has 0 atom stereocenters. The molecule has 3 heterocycles. The van der Waals surface area contributed by atoms with Gasteiger partial charge in [0.05, 0.1) is 24.7 Å². The first-order valence-corrected chi connectivity index (χ1v) is 7.14. The lowest BCUT2D eigenvalue weighted by Gasteiger charge is -2.10. The molecular formula is C17H18N4O. The predicted octanol–water partition coefficient (Wildman–Crippen LogP) is 2.57. The quantitative estimate of drug-likeness (QED) is 0.759. The molecule has 3 aromatic heterocycles. The second kappa shape index (κ2) is 6.87. The molecule has 0 fully saturated rings. The molecule has 0 aliphatic carbocycles. The van der Waals surface area contributed by atoms with Gasteiger partial charge in [0.1, 0.15) is 0 Å². The van der Waals surface area contributed by atoms with Gasteiger partial charge >= 0.3 is 0 Å². The Morgan fingerprint density at radius 3 is 2.73 bits per heavy atom. The van der Waals surface area contributed by atoms with Crippen molar-refractivity contribution in [2.24, 2.45) is 0 Å². The Kier molecular flexibility index (Phi) is 4.46. The fourth-order valence-corrected chi connectivity index (χ4v) is 2.27. The SMILES string of the molecule is COc1ccc(-n2cccc2CNCc2ccccn2)cn1. The van der Waals surface area contributed by atoms with Crippen molar-refractivity contribution in [1.82, 2.24) is 19.9 Å². The molecule has 0 bridgehead atoms. The van der Waals surface area contributed by atoms with Gasteiger partial charge in [-0.05, 0) is 30.3 Å². The van der Waals surface area contributed by atoms with E-state index >= 15 is 0 Å². The summed E-state index contributed by atoms with van der Waals surface area (Å²) < 4.78 is 7.20. The Balaban J connectivity index is 1.66. The van der Waals surface area contributed by atoms with E-state index in [2.05, 4.69) is 25.9 Å². The molecule has 0 unspecified atom stereocenters. The lowest BCUT2D eigenvalue weighted by molar-refractivity contribution is 0.398. The van der Waals surface area contributed by atoms with Crippen LogP contribution < -0.4 is 10.1 Å². The van der Waals surface area contributed by atoms with E-state index in [0.717, 1.165) is 24.5 Å². The van der Waals surface area contributed by atoms with E-state index in [1.54, 1.807) is 13.3 Å². The molecule has 0 saturated carbocycles. The van der Waals surface area contributed by atoms with Crippen LogP contribution in [0, 0.1) is 0 Å². The largest absolute Gasteiger partial charge is 0.481 e. The van der Waals surface area contributed by atoms with Gasteiger partial charge in [-0.3, -0.25) is 4.98 Å². The summed E-state index contributed by atoms with van der Waals surface area (Å²) in [5.41, 5.74) is 3.22. The minimum Gasteiger partial charge on any atom is -0.481 e. The Morgan fingerprint density at radius 1 is 1.05 bits per heavy atom. The zero-order chi connectivity index (χ0) is 15.2. The average molecular weight is 294 g/mol. The molecule has 22 heavy (non-hydrogen) atoms. The molecule has 0 amide bonds. The zero-order valence-electron chi connectivity index (χ0n) is 12.4. The smallest absolute Gasteiger partial charge is 0.213 e. The van der Waals surface area contributed by atoms with Gasteiger partial charge in [-0.1, -0.05) is 6.07 Å². The number of methoxy groups -OCH3 is 1. The maximum atomic E-state index is 5.09. The standard InChI is InChI=1S/C17H18N4O/c1-22-17-8-7-16(13-20-17)21-10-4-6-15(21)12-18-11-14-5-2-3-9-19-14/h2-10,13,18H,11-12H2,1H3. The van der Waals surface area contributed by atoms with Crippen molar-refractivity contribution in [2.45, 2.75) is 13.1 Å². The van der Waals surface area contributed by atoms with E-state index in [1.807, 2.05) is 48.8 Å². The zero-order valence-corrected chi connectivity index (χ0v) is 12.4. The highest BCUT2D eigenvalue weighted by Crippen LogP contribution is 2.14. The van der Waals surface area contributed by atoms with Crippen LogP contribution >= 0.6 is 0 Å². The number of hydrogen-bond donors (Lipinski definition) is 1. The van der Waals surface area contributed by atoms with Gasteiger partial charge in [-0.2, -0.15) is 0 Å². The first kappa shape index (κ1) is 14.3. The average Bonchev–Trinajstić information content (AvgIpc) is 3.04. The van der Waals surface area contributed by atoms with E-state index in [4.69, 9.17) is 4.74 Å². The highest BCUT2D eigenvalue weighted by molar-refractivity contribution is 5.34. The van der Waals surface area contributed by atoms with Crippen molar-refractivity contribution in [3.05, 3.63) is 72.4 Å². The number of ether oxygens (including phenoxy) is 1. The summed E-state index contributed by atoms with van der Waals surface area (Å²) in [6.07, 6.45) is 5.64. The van der Waals surface area contributed by atoms with Crippen molar-refractivity contribution in [1.29, 1.82) is 0 Å². The molecule has 0 aromatic carbocycles. The summed E-state index contributed by atoms with van der Waals surface area (Å²) in [6.45, 7) is 1.50. The minimum atomic E-state index is 0.616. The third-order valence-electron chi connectivity index (χ3n) is 3.38. The summed E-state index contributed by atoms with van der Waals surface area (Å²) in [5.74, 6) is 0.616. The number of pyridine rings is 2. The number of aromatic nitrogens is 3. The lowest BCUT2D eigenvalue weighted by Crippen LogP contribution is -2.15. The van der Waals surface area contributed by atoms with E-state index in [1.165, 1.54) is 5.69 Å². The number of nitrogens with one attached hydrogen (secondary N) is 1. The van der Waals surface area contributed by atoms with E-state index in [0.29, 0.717) is 5.88 Å². The molecule has 3 aromatic rings. The van der Waals surface area contributed by atoms with Crippen LogP contribution in [-0.2, 0) is 13.1 Å². The monoisotopic (exact) mass is 294 g/mol. The fourth-order valence-electron chi connectivity index (χ4n) is 2.27. The van der Waals surface area contributed by atoms with E-state index < -0.39 is 0 Å². The Hall–Kier alpha value is -2.66. The first-order valence-electron chi connectivity index (χ1n) is 7.14. The molecule has 0 aliphatic rings. The summed E-state index contributed by atoms with van der Waals surface area (Å²) in [4.78, 5) is 8.55. The molecule has 0 radical (unpaired) electrons. The van der Waals surface area contributed by atoms with E-state index in [9.17, 15) is 0 Å². The van der Waals surface area contributed by atoms with Crippen molar-refractivity contribution in [2.75, 3.05) is 7.11 Å². The third-order valence-corrected chi connectivity index (χ3v) is 3.38. The molecule has 3 rings (SSSR count). The number of rotatable bonds is 6. The van der Waals surface area contributed by atoms with Gasteiger partial charge in [0.25, 0.3) is 0 Å². The van der Waals surface area contributed by atoms with Crippen LogP contribution in [-0.4, -0.2) is 21.6 Å². The molecule has 0 aliphatic heterocycles. The van der Waals surface area contributed by atoms with E-state index in [-0.39, 0.29) is 0 Å². The van der Waals surface area contributed by atoms with Gasteiger partial charge in [0, 0.05) is 37.2 Å². The molecule has 0 saturated heterocycles. The van der Waals surface area contributed by atoms with Crippen LogP contribution in [0.25, 0.3) is 5.69 Å². The maximum absolute atomic E-state index is 5.09. The van der Waals surface area contributed by atoms with Crippen LogP contribution in [0.5, 0.6) is 5.88 Å². The Bertz CT molecular complexity index is 707. The summed E-state index contributed by atoms with van der Waals surface area (Å²) in [5, 5.41) is 3.41. The molecule has 112 valence electrons. The Morgan fingerprint density at radius 2 is 2.00 bits per heavy atom. The second-order valence-corrected chi connectivity index (χ2v) is 4.85. The number of hydrogen-bond acceptors (Lipinski definition) is 4. The highest BCUT2D eigenvalue weighted by Gasteiger charge is 2.04. The normalized spacial score (nSPS) is 10.6.